The molecule has 0 unspecified atom stereocenters. The molecule has 150 valence electrons. The molecule has 0 radical (unpaired) electrons. The van der Waals surface area contributed by atoms with E-state index < -0.39 is 0 Å². The van der Waals surface area contributed by atoms with Gasteiger partial charge in [-0.15, -0.1) is 0 Å². The summed E-state index contributed by atoms with van der Waals surface area (Å²) in [6.45, 7) is 4.55. The van der Waals surface area contributed by atoms with Crippen LogP contribution in [-0.2, 0) is 19.4 Å². The van der Waals surface area contributed by atoms with Crippen molar-refractivity contribution in [1.82, 2.24) is 10.3 Å². The summed E-state index contributed by atoms with van der Waals surface area (Å²) in [7, 11) is 0. The minimum atomic E-state index is -0.0204. The molecule has 5 heteroatoms. The van der Waals surface area contributed by atoms with Gasteiger partial charge in [0.25, 0.3) is 5.91 Å². The third-order valence-corrected chi connectivity index (χ3v) is 6.25. The molecule has 3 aromatic carbocycles. The number of carbonyl (C=O) groups is 1. The summed E-state index contributed by atoms with van der Waals surface area (Å²) in [4.78, 5) is 16.5. The monoisotopic (exact) mass is 398 g/mol. The molecule has 3 N–H and O–H groups in total. The van der Waals surface area contributed by atoms with E-state index >= 15 is 0 Å². The van der Waals surface area contributed by atoms with Gasteiger partial charge in [0.05, 0.1) is 17.2 Å². The predicted molar refractivity (Wildman–Crippen MR) is 117 cm³/mol. The molecule has 2 heterocycles. The molecule has 4 aromatic rings. The zero-order chi connectivity index (χ0) is 20.6. The Balaban J connectivity index is 1.69. The van der Waals surface area contributed by atoms with Crippen LogP contribution in [0.15, 0.2) is 36.4 Å². The van der Waals surface area contributed by atoms with Gasteiger partial charge in [0.1, 0.15) is 11.5 Å². The number of hydrogen-bond acceptors (Lipinski definition) is 3. The van der Waals surface area contributed by atoms with Crippen molar-refractivity contribution < 1.29 is 14.6 Å². The van der Waals surface area contributed by atoms with E-state index in [1.54, 1.807) is 12.1 Å². The number of hydrogen-bond donors (Lipinski definition) is 3. The summed E-state index contributed by atoms with van der Waals surface area (Å²) in [6, 6.07) is 11.6. The normalized spacial score (nSPS) is 14.7. The van der Waals surface area contributed by atoms with E-state index in [1.165, 1.54) is 11.1 Å². The van der Waals surface area contributed by atoms with Crippen LogP contribution < -0.4 is 10.1 Å². The first kappa shape index (κ1) is 17.4. The van der Waals surface area contributed by atoms with E-state index in [-0.39, 0.29) is 17.8 Å². The Morgan fingerprint density at radius 1 is 1.03 bits per heavy atom. The summed E-state index contributed by atoms with van der Waals surface area (Å²) in [5.74, 6) is 1.08. The van der Waals surface area contributed by atoms with Crippen molar-refractivity contribution in [1.29, 1.82) is 0 Å². The van der Waals surface area contributed by atoms with Crippen molar-refractivity contribution in [2.24, 2.45) is 0 Å². The molecule has 0 fully saturated rings. The lowest BCUT2D eigenvalue weighted by molar-refractivity contribution is 0.0966. The molecular weight excluding hydrogens is 376 g/mol. The number of carbonyl (C=O) groups excluding carboxylic acids is 1. The Hall–Kier alpha value is -3.47. The Morgan fingerprint density at radius 2 is 1.90 bits per heavy atom. The molecule has 1 aliphatic heterocycles. The largest absolute Gasteiger partial charge is 0.508 e. The van der Waals surface area contributed by atoms with Gasteiger partial charge in [-0.05, 0) is 79.3 Å². The lowest BCUT2D eigenvalue weighted by atomic mass is 9.80. The van der Waals surface area contributed by atoms with Gasteiger partial charge in [-0.3, -0.25) is 4.79 Å². The molecule has 0 spiro atoms. The molecule has 0 saturated heterocycles. The van der Waals surface area contributed by atoms with Crippen molar-refractivity contribution in [3.63, 3.8) is 0 Å². The molecule has 0 bridgehead atoms. The highest BCUT2D eigenvalue weighted by Gasteiger charge is 2.33. The van der Waals surface area contributed by atoms with Crippen molar-refractivity contribution in [3.8, 4) is 22.6 Å². The van der Waals surface area contributed by atoms with E-state index in [0.717, 1.165) is 62.7 Å². The molecule has 6 rings (SSSR count). The molecule has 0 saturated carbocycles. The SMILES string of the molecule is CC(C)Oc1ccc2c(c1)CCc1c-2c2c(c3c1[nH]c1ccc(O)cc13)CNC2=O. The molecule has 5 nitrogen and oxygen atoms in total. The maximum absolute atomic E-state index is 12.9. The van der Waals surface area contributed by atoms with E-state index in [4.69, 9.17) is 4.74 Å². The summed E-state index contributed by atoms with van der Waals surface area (Å²) in [6.07, 6.45) is 1.87. The third-order valence-electron chi connectivity index (χ3n) is 6.25. The molecular formula is C25H22N2O3. The smallest absolute Gasteiger partial charge is 0.252 e. The lowest BCUT2D eigenvalue weighted by Gasteiger charge is -2.24. The summed E-state index contributed by atoms with van der Waals surface area (Å²) < 4.78 is 5.89. The fourth-order valence-corrected chi connectivity index (χ4v) is 5.13. The van der Waals surface area contributed by atoms with Crippen LogP contribution in [0.5, 0.6) is 11.5 Å². The van der Waals surface area contributed by atoms with Gasteiger partial charge in [-0.1, -0.05) is 6.07 Å². The van der Waals surface area contributed by atoms with Gasteiger partial charge in [-0.25, -0.2) is 0 Å². The minimum absolute atomic E-state index is 0.0204. The maximum atomic E-state index is 12.9. The Labute approximate surface area is 173 Å². The molecule has 1 amide bonds. The number of fused-ring (bicyclic) bond motifs is 10. The number of benzene rings is 3. The minimum Gasteiger partial charge on any atom is -0.508 e. The Kier molecular flexibility index (Phi) is 3.49. The number of aryl methyl sites for hydroxylation is 2. The molecule has 1 aromatic heterocycles. The molecule has 30 heavy (non-hydrogen) atoms. The van der Waals surface area contributed by atoms with Crippen LogP contribution in [0.4, 0.5) is 0 Å². The average molecular weight is 398 g/mol. The van der Waals surface area contributed by atoms with Crippen LogP contribution >= 0.6 is 0 Å². The van der Waals surface area contributed by atoms with Gasteiger partial charge in [0, 0.05) is 28.4 Å². The van der Waals surface area contributed by atoms with Crippen molar-refractivity contribution in [2.45, 2.75) is 39.3 Å². The summed E-state index contributed by atoms with van der Waals surface area (Å²) in [5, 5.41) is 15.1. The van der Waals surface area contributed by atoms with Crippen LogP contribution in [0.2, 0.25) is 0 Å². The van der Waals surface area contributed by atoms with Crippen molar-refractivity contribution in [3.05, 3.63) is 58.7 Å². The number of aromatic amines is 1. The fourth-order valence-electron chi connectivity index (χ4n) is 5.13. The highest BCUT2D eigenvalue weighted by molar-refractivity contribution is 6.19. The third kappa shape index (κ3) is 2.32. The quantitative estimate of drug-likeness (QED) is 0.453. The summed E-state index contributed by atoms with van der Waals surface area (Å²) in [5.41, 5.74) is 8.40. The number of rotatable bonds is 2. The summed E-state index contributed by atoms with van der Waals surface area (Å²) >= 11 is 0. The number of aromatic nitrogens is 1. The topological polar surface area (TPSA) is 74.3 Å². The lowest BCUT2D eigenvalue weighted by Crippen LogP contribution is -2.15. The zero-order valence-electron chi connectivity index (χ0n) is 16.9. The van der Waals surface area contributed by atoms with E-state index in [2.05, 4.69) is 22.4 Å². The molecule has 2 aliphatic rings. The second kappa shape index (κ2) is 6.02. The van der Waals surface area contributed by atoms with Crippen LogP contribution in [0.3, 0.4) is 0 Å². The van der Waals surface area contributed by atoms with Crippen LogP contribution in [0.1, 0.15) is 40.9 Å². The first-order chi connectivity index (χ1) is 14.5. The second-order valence-electron chi connectivity index (χ2n) is 8.48. The van der Waals surface area contributed by atoms with Crippen molar-refractivity contribution >= 4 is 27.7 Å². The van der Waals surface area contributed by atoms with Crippen LogP contribution in [0, 0.1) is 0 Å². The number of H-pyrrole nitrogens is 1. The average Bonchev–Trinajstić information content (AvgIpc) is 3.27. The number of nitrogens with one attached hydrogen (secondary N) is 2. The van der Waals surface area contributed by atoms with Crippen LogP contribution in [-0.4, -0.2) is 22.1 Å². The highest BCUT2D eigenvalue weighted by atomic mass is 16.5. The second-order valence-corrected chi connectivity index (χ2v) is 8.48. The molecule has 1 aliphatic carbocycles. The van der Waals surface area contributed by atoms with Gasteiger partial charge >= 0.3 is 0 Å². The van der Waals surface area contributed by atoms with Crippen LogP contribution in [0.25, 0.3) is 32.9 Å². The predicted octanol–water partition coefficient (Wildman–Crippen LogP) is 4.82. The Bertz CT molecular complexity index is 1380. The standard InChI is InChI=1S/C25H22N2O3/c1-12(2)30-15-5-7-16-13(9-15)3-6-17-21(16)23-19(11-26-25(23)29)22-18-10-14(28)4-8-20(18)27-24(17)22/h4-5,7-10,12,27-28H,3,6,11H2,1-2H3,(H,26,29). The highest BCUT2D eigenvalue weighted by Crippen LogP contribution is 2.46. The van der Waals surface area contributed by atoms with Gasteiger partial charge in [-0.2, -0.15) is 0 Å². The number of phenols is 1. The number of phenolic OH excluding ortho intramolecular Hbond substituents is 1. The van der Waals surface area contributed by atoms with Gasteiger partial charge in [0.2, 0.25) is 0 Å². The molecule has 0 atom stereocenters. The first-order valence-corrected chi connectivity index (χ1v) is 10.4. The zero-order valence-corrected chi connectivity index (χ0v) is 16.9. The van der Waals surface area contributed by atoms with Crippen molar-refractivity contribution in [2.75, 3.05) is 0 Å². The Morgan fingerprint density at radius 3 is 2.73 bits per heavy atom. The maximum Gasteiger partial charge on any atom is 0.252 e. The number of ether oxygens (including phenoxy) is 1. The van der Waals surface area contributed by atoms with E-state index in [0.29, 0.717) is 6.54 Å². The first-order valence-electron chi connectivity index (χ1n) is 10.4. The number of aromatic hydroxyl groups is 1. The van der Waals surface area contributed by atoms with Gasteiger partial charge in [0.15, 0.2) is 0 Å². The number of amides is 1. The van der Waals surface area contributed by atoms with Gasteiger partial charge < -0.3 is 20.1 Å². The van der Waals surface area contributed by atoms with E-state index in [9.17, 15) is 9.90 Å². The van der Waals surface area contributed by atoms with E-state index in [1.807, 2.05) is 26.0 Å². The fraction of sp³-hybridized carbons (Fsp3) is 0.240.